The Morgan fingerprint density at radius 1 is 0.621 bits per heavy atom. The monoisotopic (exact) mass is 390 g/mol. The Bertz CT molecular complexity index is 710. The van der Waals surface area contributed by atoms with E-state index in [2.05, 4.69) is 108 Å². The molecule has 0 saturated carbocycles. The van der Waals surface area contributed by atoms with Crippen molar-refractivity contribution in [3.05, 3.63) is 72.2 Å². The Balaban J connectivity index is 2.03. The molecular weight excluding hydrogens is 352 g/mol. The van der Waals surface area contributed by atoms with Gasteiger partial charge in [0.25, 0.3) is 0 Å². The summed E-state index contributed by atoms with van der Waals surface area (Å²) in [7, 11) is 0. The van der Waals surface area contributed by atoms with Crippen molar-refractivity contribution in [2.75, 3.05) is 22.9 Å². The molecule has 2 aromatic rings. The first-order valence-electron chi connectivity index (χ1n) is 11.2. The van der Waals surface area contributed by atoms with Gasteiger partial charge in [0.2, 0.25) is 0 Å². The summed E-state index contributed by atoms with van der Waals surface area (Å²) < 4.78 is 0. The van der Waals surface area contributed by atoms with Crippen LogP contribution < -0.4 is 9.80 Å². The normalized spacial score (nSPS) is 14.9. The topological polar surface area (TPSA) is 6.48 Å². The van der Waals surface area contributed by atoms with E-state index >= 15 is 0 Å². The predicted molar refractivity (Wildman–Crippen MR) is 128 cm³/mol. The molecule has 1 atom stereocenters. The molecule has 2 radical (unpaired) electrons. The van der Waals surface area contributed by atoms with Crippen molar-refractivity contribution in [2.45, 2.75) is 72.1 Å². The number of hydrogen-bond donors (Lipinski definition) is 0. The molecule has 1 aliphatic heterocycles. The molecule has 1 heterocycles. The third kappa shape index (κ3) is 4.32. The maximum Gasteiger partial charge on any atom is 0.142 e. The maximum absolute atomic E-state index is 4.34. The molecular formula is C27H38N2. The van der Waals surface area contributed by atoms with E-state index in [1.165, 1.54) is 33.6 Å². The lowest BCUT2D eigenvalue weighted by Gasteiger charge is -2.30. The number of anilines is 2. The van der Waals surface area contributed by atoms with Crippen LogP contribution in [0.25, 0.3) is 0 Å². The minimum atomic E-state index is 0.264. The van der Waals surface area contributed by atoms with E-state index in [4.69, 9.17) is 0 Å². The molecule has 1 unspecified atom stereocenters. The average molecular weight is 391 g/mol. The highest BCUT2D eigenvalue weighted by molar-refractivity contribution is 5.70. The van der Waals surface area contributed by atoms with E-state index in [9.17, 15) is 0 Å². The Hall–Kier alpha value is -1.96. The molecule has 0 aliphatic carbocycles. The highest BCUT2D eigenvalue weighted by Crippen LogP contribution is 2.41. The van der Waals surface area contributed by atoms with Crippen LogP contribution in [0, 0.1) is 13.6 Å². The second-order valence-corrected chi connectivity index (χ2v) is 9.44. The van der Waals surface area contributed by atoms with Gasteiger partial charge < -0.3 is 9.80 Å². The quantitative estimate of drug-likeness (QED) is 0.505. The zero-order valence-electron chi connectivity index (χ0n) is 19.4. The number of benzene rings is 2. The predicted octanol–water partition coefficient (Wildman–Crippen LogP) is 7.44. The number of nitrogens with zero attached hydrogens (tertiary/aromatic N) is 2. The fourth-order valence-corrected chi connectivity index (χ4v) is 4.46. The summed E-state index contributed by atoms with van der Waals surface area (Å²) in [5.74, 6) is 1.76. The lowest BCUT2D eigenvalue weighted by atomic mass is 9.92. The van der Waals surface area contributed by atoms with Gasteiger partial charge in [-0.2, -0.15) is 0 Å². The van der Waals surface area contributed by atoms with Crippen molar-refractivity contribution >= 4 is 11.4 Å². The largest absolute Gasteiger partial charge is 0.346 e. The van der Waals surface area contributed by atoms with E-state index in [1.54, 1.807) is 0 Å². The molecule has 0 bridgehead atoms. The van der Waals surface area contributed by atoms with Crippen LogP contribution >= 0.6 is 0 Å². The van der Waals surface area contributed by atoms with E-state index in [-0.39, 0.29) is 5.92 Å². The minimum absolute atomic E-state index is 0.264. The van der Waals surface area contributed by atoms with Gasteiger partial charge in [-0.25, -0.2) is 0 Å². The van der Waals surface area contributed by atoms with E-state index in [0.717, 1.165) is 13.1 Å². The molecule has 0 amide bonds. The van der Waals surface area contributed by atoms with Crippen molar-refractivity contribution in [1.29, 1.82) is 0 Å². The summed E-state index contributed by atoms with van der Waals surface area (Å²) in [4.78, 5) is 4.95. The van der Waals surface area contributed by atoms with Crippen LogP contribution in [0.15, 0.2) is 36.4 Å². The molecule has 1 fully saturated rings. The van der Waals surface area contributed by atoms with Crippen molar-refractivity contribution in [2.24, 2.45) is 0 Å². The average Bonchev–Trinajstić information content (AvgIpc) is 3.15. The number of para-hydroxylation sites is 2. The van der Waals surface area contributed by atoms with Gasteiger partial charge in [0.15, 0.2) is 0 Å². The first-order valence-corrected chi connectivity index (χ1v) is 11.2. The molecule has 1 aliphatic rings. The first kappa shape index (κ1) is 21.7. The van der Waals surface area contributed by atoms with Crippen LogP contribution in [0.3, 0.4) is 0 Å². The summed E-state index contributed by atoms with van der Waals surface area (Å²) in [5, 5.41) is 0. The number of rotatable bonds is 6. The van der Waals surface area contributed by atoms with Gasteiger partial charge in [0.05, 0.1) is 0 Å². The molecule has 0 N–H and O–H groups in total. The summed E-state index contributed by atoms with van der Waals surface area (Å²) in [6.07, 6.45) is 0. The van der Waals surface area contributed by atoms with Crippen LogP contribution in [-0.4, -0.2) is 13.1 Å². The Morgan fingerprint density at radius 2 is 0.966 bits per heavy atom. The highest BCUT2D eigenvalue weighted by atomic mass is 15.4. The summed E-state index contributed by atoms with van der Waals surface area (Å²) in [6.45, 7) is 24.7. The molecule has 2 aromatic carbocycles. The maximum atomic E-state index is 4.34. The van der Waals surface area contributed by atoms with Crippen LogP contribution in [0.1, 0.15) is 94.4 Å². The smallest absolute Gasteiger partial charge is 0.142 e. The van der Waals surface area contributed by atoms with Crippen LogP contribution in [-0.2, 0) is 0 Å². The Labute approximate surface area is 178 Å². The number of hydrogen-bond acceptors (Lipinski definition) is 2. The standard InChI is InChI=1S/C27H38N2/c1-18(2)22-11-9-12-23(19(3)4)26(22)28-15-16-29(17-28)27-24(20(5)6)13-10-14-25(27)21(7)8/h9-14,17-21H,1,15-16H2,2-8H3. The third-order valence-corrected chi connectivity index (χ3v) is 6.03. The third-order valence-electron chi connectivity index (χ3n) is 6.03. The molecule has 3 rings (SSSR count). The highest BCUT2D eigenvalue weighted by Gasteiger charge is 2.29. The van der Waals surface area contributed by atoms with Crippen molar-refractivity contribution in [1.82, 2.24) is 0 Å². The molecule has 2 heteroatoms. The van der Waals surface area contributed by atoms with E-state index in [1.807, 2.05) is 0 Å². The second-order valence-electron chi connectivity index (χ2n) is 9.44. The van der Waals surface area contributed by atoms with Crippen molar-refractivity contribution < 1.29 is 0 Å². The minimum Gasteiger partial charge on any atom is -0.346 e. The Morgan fingerprint density at radius 3 is 1.31 bits per heavy atom. The zero-order chi connectivity index (χ0) is 21.3. The van der Waals surface area contributed by atoms with Gasteiger partial charge in [-0.3, -0.25) is 0 Å². The summed E-state index contributed by atoms with van der Waals surface area (Å²) in [6, 6.07) is 13.5. The SMILES string of the molecule is [CH2]C(C)c1cccc(C(C)C)c1N1[CH]N(c2c(C(C)C)cccc2C(C)C)CC1. The first-order chi connectivity index (χ1) is 13.7. The van der Waals surface area contributed by atoms with Gasteiger partial charge in [0, 0.05) is 24.5 Å². The lowest BCUT2D eigenvalue weighted by molar-refractivity contribution is 0.818. The van der Waals surface area contributed by atoms with Crippen LogP contribution in [0.4, 0.5) is 11.4 Å². The van der Waals surface area contributed by atoms with Crippen LogP contribution in [0.5, 0.6) is 0 Å². The van der Waals surface area contributed by atoms with Gasteiger partial charge in [-0.05, 0) is 52.8 Å². The van der Waals surface area contributed by atoms with Crippen LogP contribution in [0.2, 0.25) is 0 Å². The fourth-order valence-electron chi connectivity index (χ4n) is 4.46. The van der Waals surface area contributed by atoms with E-state index < -0.39 is 0 Å². The van der Waals surface area contributed by atoms with Crippen molar-refractivity contribution in [3.63, 3.8) is 0 Å². The van der Waals surface area contributed by atoms with E-state index in [0.29, 0.717) is 17.8 Å². The lowest BCUT2D eigenvalue weighted by Crippen LogP contribution is -2.23. The summed E-state index contributed by atoms with van der Waals surface area (Å²) >= 11 is 0. The molecule has 0 spiro atoms. The van der Waals surface area contributed by atoms with Gasteiger partial charge in [0.1, 0.15) is 6.67 Å². The molecule has 156 valence electrons. The zero-order valence-corrected chi connectivity index (χ0v) is 19.4. The molecule has 1 saturated heterocycles. The van der Waals surface area contributed by atoms with Gasteiger partial charge >= 0.3 is 0 Å². The van der Waals surface area contributed by atoms with Gasteiger partial charge in [-0.15, -0.1) is 0 Å². The second kappa shape index (κ2) is 8.81. The van der Waals surface area contributed by atoms with Gasteiger partial charge in [-0.1, -0.05) is 84.9 Å². The summed E-state index contributed by atoms with van der Waals surface area (Å²) in [5.41, 5.74) is 8.41. The Kier molecular flexibility index (Phi) is 6.61. The molecule has 2 nitrogen and oxygen atoms in total. The van der Waals surface area contributed by atoms with Crippen molar-refractivity contribution in [3.8, 4) is 0 Å². The molecule has 29 heavy (non-hydrogen) atoms. The fraction of sp³-hybridized carbons (Fsp3) is 0.481. The molecule has 0 aromatic heterocycles.